The zero-order valence-corrected chi connectivity index (χ0v) is 30.2. The number of hydrogen-bond acceptors (Lipinski definition) is 3. The maximum atomic E-state index is 5.45. The molecule has 264 valence electrons. The van der Waals surface area contributed by atoms with Crippen molar-refractivity contribution in [2.24, 2.45) is 15.1 Å². The van der Waals surface area contributed by atoms with Gasteiger partial charge in [0.15, 0.2) is 11.7 Å². The van der Waals surface area contributed by atoms with Gasteiger partial charge in [0.05, 0.1) is 33.5 Å². The highest BCUT2D eigenvalue weighted by Gasteiger charge is 2.23. The average molecular weight is 720 g/mol. The van der Waals surface area contributed by atoms with Crippen molar-refractivity contribution in [3.63, 3.8) is 0 Å². The maximum absolute atomic E-state index is 5.45. The molecule has 0 N–H and O–H groups in total. The molecule has 7 aromatic carbocycles. The molecule has 10 rings (SSSR count). The van der Waals surface area contributed by atoms with E-state index in [1.165, 1.54) is 0 Å². The van der Waals surface area contributed by atoms with Crippen LogP contribution in [0.25, 0.3) is 72.1 Å². The van der Waals surface area contributed by atoms with E-state index in [0.717, 1.165) is 77.3 Å². The minimum atomic E-state index is 0.479. The topological polar surface area (TPSA) is 72.7 Å². The summed E-state index contributed by atoms with van der Waals surface area (Å²) in [5.74, 6) is 1.54. The van der Waals surface area contributed by atoms with Crippen molar-refractivity contribution in [3.8, 4) is 28.5 Å². The van der Waals surface area contributed by atoms with Crippen LogP contribution in [0.15, 0.2) is 203 Å². The fraction of sp³-hybridized carbons (Fsp3) is 0. The molecule has 56 heavy (non-hydrogen) atoms. The number of para-hydroxylation sites is 2. The fourth-order valence-electron chi connectivity index (χ4n) is 7.54. The zero-order valence-electron chi connectivity index (χ0n) is 30.2. The summed E-state index contributed by atoms with van der Waals surface area (Å²) >= 11 is 0. The molecule has 7 nitrogen and oxygen atoms in total. The number of aromatic nitrogens is 4. The zero-order chi connectivity index (χ0) is 37.4. The average Bonchev–Trinajstić information content (AvgIpc) is 3.78. The largest absolute Gasteiger partial charge is 0.276 e. The van der Waals surface area contributed by atoms with E-state index in [1.54, 1.807) is 0 Å². The number of fused-ring (bicyclic) bond motifs is 7. The first-order chi connectivity index (χ1) is 27.7. The molecule has 0 saturated heterocycles. The number of rotatable bonds is 6. The molecule has 0 aliphatic rings. The van der Waals surface area contributed by atoms with Crippen LogP contribution in [0.5, 0.6) is 0 Å². The van der Waals surface area contributed by atoms with Crippen LogP contribution < -0.4 is 0 Å². The minimum absolute atomic E-state index is 0.479. The van der Waals surface area contributed by atoms with Gasteiger partial charge < -0.3 is 0 Å². The molecule has 0 saturated carbocycles. The molecule has 10 aromatic rings. The summed E-state index contributed by atoms with van der Waals surface area (Å²) in [4.78, 5) is 20.1. The third-order valence-electron chi connectivity index (χ3n) is 10.1. The first-order valence-corrected chi connectivity index (χ1v) is 18.5. The Morgan fingerprint density at radius 3 is 1.48 bits per heavy atom. The van der Waals surface area contributed by atoms with Crippen molar-refractivity contribution in [2.75, 3.05) is 0 Å². The number of amidine groups is 2. The van der Waals surface area contributed by atoms with E-state index in [-0.39, 0.29) is 0 Å². The fourth-order valence-corrected chi connectivity index (χ4v) is 7.54. The van der Waals surface area contributed by atoms with E-state index in [0.29, 0.717) is 17.6 Å². The smallest absolute Gasteiger partial charge is 0.235 e. The van der Waals surface area contributed by atoms with Gasteiger partial charge in [-0.05, 0) is 24.9 Å². The molecule has 3 aromatic heterocycles. The summed E-state index contributed by atoms with van der Waals surface area (Å²) in [5.41, 5.74) is 9.14. The van der Waals surface area contributed by atoms with E-state index >= 15 is 0 Å². The number of benzene rings is 7. The Morgan fingerprint density at radius 1 is 0.446 bits per heavy atom. The summed E-state index contributed by atoms with van der Waals surface area (Å²) in [6.45, 7) is 3.89. The third kappa shape index (κ3) is 5.66. The Labute approximate surface area is 322 Å². The van der Waals surface area contributed by atoms with Gasteiger partial charge in [-0.3, -0.25) is 4.57 Å². The summed E-state index contributed by atoms with van der Waals surface area (Å²) in [7, 11) is 0. The minimum Gasteiger partial charge on any atom is -0.276 e. The third-order valence-corrected chi connectivity index (χ3v) is 10.1. The van der Waals surface area contributed by atoms with Gasteiger partial charge in [0, 0.05) is 43.8 Å². The van der Waals surface area contributed by atoms with Crippen LogP contribution >= 0.6 is 0 Å². The van der Waals surface area contributed by atoms with Crippen LogP contribution in [0, 0.1) is 0 Å². The van der Waals surface area contributed by atoms with E-state index in [4.69, 9.17) is 20.1 Å². The molecule has 0 aliphatic heterocycles. The lowest BCUT2D eigenvalue weighted by Gasteiger charge is -2.13. The van der Waals surface area contributed by atoms with Crippen molar-refractivity contribution < 1.29 is 0 Å². The van der Waals surface area contributed by atoms with Gasteiger partial charge in [-0.15, -0.1) is 5.10 Å². The van der Waals surface area contributed by atoms with Gasteiger partial charge in [-0.1, -0.05) is 170 Å². The molecule has 7 heteroatoms. The summed E-state index contributed by atoms with van der Waals surface area (Å²) < 4.78 is 4.22. The Balaban J connectivity index is 1.34. The number of aliphatic imine (C=N–C) groups is 2. The summed E-state index contributed by atoms with van der Waals surface area (Å²) in [6.07, 6.45) is 0. The Hall–Kier alpha value is -7.77. The molecule has 0 amide bonds. The molecule has 0 radical (unpaired) electrons. The molecule has 0 bridgehead atoms. The van der Waals surface area contributed by atoms with Gasteiger partial charge >= 0.3 is 0 Å². The van der Waals surface area contributed by atoms with E-state index in [1.807, 2.05) is 108 Å². The monoisotopic (exact) mass is 719 g/mol. The van der Waals surface area contributed by atoms with Gasteiger partial charge in [-0.25, -0.2) is 24.6 Å². The predicted octanol–water partition coefficient (Wildman–Crippen LogP) is 11.4. The first-order valence-electron chi connectivity index (χ1n) is 18.5. The lowest BCUT2D eigenvalue weighted by atomic mass is 10.1. The van der Waals surface area contributed by atoms with Crippen LogP contribution in [0.3, 0.4) is 0 Å². The Kier molecular flexibility index (Phi) is 8.15. The lowest BCUT2D eigenvalue weighted by molar-refractivity contribution is 0.953. The van der Waals surface area contributed by atoms with Crippen molar-refractivity contribution in [1.82, 2.24) is 19.2 Å². The lowest BCUT2D eigenvalue weighted by Crippen LogP contribution is -2.08. The second kappa shape index (κ2) is 13.9. The van der Waals surface area contributed by atoms with Crippen molar-refractivity contribution >= 4 is 62.0 Å². The van der Waals surface area contributed by atoms with Gasteiger partial charge in [-0.2, -0.15) is 0 Å². The van der Waals surface area contributed by atoms with Crippen molar-refractivity contribution in [2.45, 2.75) is 0 Å². The van der Waals surface area contributed by atoms with Crippen LogP contribution in [-0.2, 0) is 0 Å². The highest BCUT2D eigenvalue weighted by atomic mass is 15.4. The molecule has 0 atom stereocenters. The van der Waals surface area contributed by atoms with Crippen LogP contribution in [-0.4, -0.2) is 37.6 Å². The SMILES string of the molecule is C=N/C(=N\C(=N/n1c2ccccc2c2ccc3c4ccccc4n(-c4nc(-c5ccccc5)cc(-c5ccccc5)n4)c3c21)c1ccccc1)c1ccccc1. The molecule has 0 aliphatic carbocycles. The molecule has 3 heterocycles. The van der Waals surface area contributed by atoms with Gasteiger partial charge in [0.1, 0.15) is 0 Å². The second-order valence-electron chi connectivity index (χ2n) is 13.5. The molecular formula is C49H33N7. The highest BCUT2D eigenvalue weighted by Crippen LogP contribution is 2.40. The Morgan fingerprint density at radius 2 is 0.911 bits per heavy atom. The number of hydrogen-bond donors (Lipinski definition) is 0. The summed E-state index contributed by atoms with van der Waals surface area (Å²) in [6, 6.07) is 63.7. The maximum Gasteiger partial charge on any atom is 0.235 e. The summed E-state index contributed by atoms with van der Waals surface area (Å²) in [5, 5.41) is 9.71. The first kappa shape index (κ1) is 32.8. The molecular weight excluding hydrogens is 687 g/mol. The molecule has 0 fully saturated rings. The second-order valence-corrected chi connectivity index (χ2v) is 13.5. The van der Waals surface area contributed by atoms with Crippen molar-refractivity contribution in [3.05, 3.63) is 199 Å². The molecule has 0 spiro atoms. The molecule has 0 unspecified atom stereocenters. The van der Waals surface area contributed by atoms with E-state index < -0.39 is 0 Å². The standard InChI is InChI=1S/C49H33N7/c1-50-47(35-22-10-4-11-23-35)53-48(36-24-12-5-13-25-36)54-56-44-29-17-15-27-38(44)40-31-30-39-37-26-14-16-28-43(37)55(45(39)46(40)56)49-51-41(33-18-6-2-7-19-33)32-42(52-49)34-20-8-3-9-21-34/h2-32H,1H2/b53-47-,54-48-. The van der Waals surface area contributed by atoms with Crippen LogP contribution in [0.2, 0.25) is 0 Å². The predicted molar refractivity (Wildman–Crippen MR) is 231 cm³/mol. The van der Waals surface area contributed by atoms with E-state index in [9.17, 15) is 0 Å². The van der Waals surface area contributed by atoms with Crippen molar-refractivity contribution in [1.29, 1.82) is 0 Å². The highest BCUT2D eigenvalue weighted by molar-refractivity contribution is 6.23. The van der Waals surface area contributed by atoms with Gasteiger partial charge in [0.2, 0.25) is 5.95 Å². The normalized spacial score (nSPS) is 12.2. The van der Waals surface area contributed by atoms with Crippen LogP contribution in [0.4, 0.5) is 0 Å². The van der Waals surface area contributed by atoms with Gasteiger partial charge in [0.25, 0.3) is 0 Å². The Bertz CT molecular complexity index is 3070. The van der Waals surface area contributed by atoms with Crippen LogP contribution in [0.1, 0.15) is 11.1 Å². The quantitative estimate of drug-likeness (QED) is 0.127. The van der Waals surface area contributed by atoms with E-state index in [2.05, 4.69) is 101 Å². The number of nitrogens with zero attached hydrogens (tertiary/aromatic N) is 7.